The van der Waals surface area contributed by atoms with Crippen LogP contribution in [0, 0.1) is 0 Å². The molecule has 1 atom stereocenters. The van der Waals surface area contributed by atoms with E-state index in [0.29, 0.717) is 12.1 Å². The molecule has 1 aromatic heterocycles. The van der Waals surface area contributed by atoms with Crippen molar-refractivity contribution in [1.29, 1.82) is 0 Å². The number of benzene rings is 2. The molecule has 0 aliphatic rings. The van der Waals surface area contributed by atoms with E-state index in [9.17, 15) is 9.59 Å². The Bertz CT molecular complexity index is 974. The summed E-state index contributed by atoms with van der Waals surface area (Å²) in [5, 5.41) is 5.11. The highest BCUT2D eigenvalue weighted by molar-refractivity contribution is 6.10. The molecule has 0 bridgehead atoms. The van der Waals surface area contributed by atoms with Crippen LogP contribution in [-0.4, -0.2) is 22.5 Å². The fourth-order valence-corrected chi connectivity index (χ4v) is 3.35. The standard InChI is InChI=1S/C22H26N2O3/c1-4-6-11-21(25)27-15(3)22(26)23-16-12-13-20-18(14-16)17-9-7-8-10-19(17)24(20)5-2/h7-10,12-15H,4-6,11H2,1-3H3,(H,23,26). The average Bonchev–Trinajstić information content (AvgIpc) is 2.99. The number of nitrogens with one attached hydrogen (secondary N) is 1. The van der Waals surface area contributed by atoms with Gasteiger partial charge < -0.3 is 14.6 Å². The fraction of sp³-hybridized carbons (Fsp3) is 0.364. The zero-order valence-corrected chi connectivity index (χ0v) is 16.1. The number of carbonyl (C=O) groups excluding carboxylic acids is 2. The summed E-state index contributed by atoms with van der Waals surface area (Å²) in [7, 11) is 0. The molecule has 1 heterocycles. The zero-order valence-electron chi connectivity index (χ0n) is 16.1. The van der Waals surface area contributed by atoms with E-state index in [2.05, 4.69) is 28.9 Å². The summed E-state index contributed by atoms with van der Waals surface area (Å²) in [6, 6.07) is 14.1. The maximum absolute atomic E-state index is 12.4. The molecule has 2 aromatic carbocycles. The molecule has 142 valence electrons. The predicted molar refractivity (Wildman–Crippen MR) is 109 cm³/mol. The van der Waals surface area contributed by atoms with Crippen LogP contribution >= 0.6 is 0 Å². The summed E-state index contributed by atoms with van der Waals surface area (Å²) >= 11 is 0. The number of hydrogen-bond acceptors (Lipinski definition) is 3. The smallest absolute Gasteiger partial charge is 0.306 e. The van der Waals surface area contributed by atoms with Crippen molar-refractivity contribution in [2.75, 3.05) is 5.32 Å². The number of ether oxygens (including phenoxy) is 1. The van der Waals surface area contributed by atoms with Crippen LogP contribution in [0.25, 0.3) is 21.8 Å². The van der Waals surface area contributed by atoms with Gasteiger partial charge in [0, 0.05) is 40.5 Å². The predicted octanol–water partition coefficient (Wildman–Crippen LogP) is 4.87. The van der Waals surface area contributed by atoms with E-state index in [1.165, 1.54) is 5.52 Å². The van der Waals surface area contributed by atoms with Crippen molar-refractivity contribution in [1.82, 2.24) is 4.57 Å². The van der Waals surface area contributed by atoms with E-state index in [-0.39, 0.29) is 11.9 Å². The van der Waals surface area contributed by atoms with E-state index in [4.69, 9.17) is 4.74 Å². The Morgan fingerprint density at radius 1 is 1.07 bits per heavy atom. The van der Waals surface area contributed by atoms with Crippen LogP contribution in [0.3, 0.4) is 0 Å². The van der Waals surface area contributed by atoms with E-state index in [1.54, 1.807) is 6.92 Å². The molecule has 3 aromatic rings. The second-order valence-corrected chi connectivity index (χ2v) is 6.72. The van der Waals surface area contributed by atoms with Crippen molar-refractivity contribution in [3.05, 3.63) is 42.5 Å². The zero-order chi connectivity index (χ0) is 19.4. The minimum Gasteiger partial charge on any atom is -0.453 e. The van der Waals surface area contributed by atoms with Gasteiger partial charge in [-0.3, -0.25) is 9.59 Å². The van der Waals surface area contributed by atoms with Gasteiger partial charge in [0.05, 0.1) is 0 Å². The number of amides is 1. The van der Waals surface area contributed by atoms with Crippen LogP contribution in [0.15, 0.2) is 42.5 Å². The van der Waals surface area contributed by atoms with Gasteiger partial charge in [0.25, 0.3) is 5.91 Å². The van der Waals surface area contributed by atoms with Gasteiger partial charge in [-0.1, -0.05) is 31.5 Å². The van der Waals surface area contributed by atoms with E-state index < -0.39 is 6.10 Å². The summed E-state index contributed by atoms with van der Waals surface area (Å²) < 4.78 is 7.47. The SMILES string of the molecule is CCCCC(=O)OC(C)C(=O)Nc1ccc2c(c1)c1ccccc1n2CC. The number of rotatable bonds is 7. The van der Waals surface area contributed by atoms with Crippen molar-refractivity contribution < 1.29 is 14.3 Å². The first-order chi connectivity index (χ1) is 13.0. The lowest BCUT2D eigenvalue weighted by Gasteiger charge is -2.13. The Morgan fingerprint density at radius 2 is 1.81 bits per heavy atom. The maximum atomic E-state index is 12.4. The minimum atomic E-state index is -0.818. The van der Waals surface area contributed by atoms with Gasteiger partial charge in [-0.25, -0.2) is 0 Å². The van der Waals surface area contributed by atoms with Crippen LogP contribution in [0.2, 0.25) is 0 Å². The first-order valence-electron chi connectivity index (χ1n) is 9.56. The van der Waals surface area contributed by atoms with Gasteiger partial charge >= 0.3 is 5.97 Å². The summed E-state index contributed by atoms with van der Waals surface area (Å²) in [5.41, 5.74) is 3.01. The lowest BCUT2D eigenvalue weighted by atomic mass is 10.1. The third kappa shape index (κ3) is 3.97. The summed E-state index contributed by atoms with van der Waals surface area (Å²) in [4.78, 5) is 24.1. The van der Waals surface area contributed by atoms with Crippen molar-refractivity contribution in [3.8, 4) is 0 Å². The lowest BCUT2D eigenvalue weighted by molar-refractivity contribution is -0.153. The Hall–Kier alpha value is -2.82. The van der Waals surface area contributed by atoms with Crippen LogP contribution in [0.4, 0.5) is 5.69 Å². The van der Waals surface area contributed by atoms with Gasteiger partial charge in [-0.15, -0.1) is 0 Å². The summed E-state index contributed by atoms with van der Waals surface area (Å²) in [6.07, 6.45) is 1.21. The topological polar surface area (TPSA) is 60.3 Å². The largest absolute Gasteiger partial charge is 0.453 e. The van der Waals surface area contributed by atoms with Crippen molar-refractivity contribution in [2.24, 2.45) is 0 Å². The number of esters is 1. The summed E-state index contributed by atoms with van der Waals surface area (Å²) in [6.45, 7) is 6.60. The quantitative estimate of drug-likeness (QED) is 0.607. The molecule has 5 nitrogen and oxygen atoms in total. The number of carbonyl (C=O) groups is 2. The van der Waals surface area contributed by atoms with Gasteiger partial charge in [0.2, 0.25) is 0 Å². The fourth-order valence-electron chi connectivity index (χ4n) is 3.35. The molecular weight excluding hydrogens is 340 g/mol. The second kappa shape index (κ2) is 8.25. The monoisotopic (exact) mass is 366 g/mol. The highest BCUT2D eigenvalue weighted by atomic mass is 16.5. The number of aryl methyl sites for hydroxylation is 1. The molecule has 0 spiro atoms. The Morgan fingerprint density at radius 3 is 2.56 bits per heavy atom. The number of para-hydroxylation sites is 1. The van der Waals surface area contributed by atoms with Crippen molar-refractivity contribution in [3.63, 3.8) is 0 Å². The number of nitrogens with zero attached hydrogens (tertiary/aromatic N) is 1. The molecule has 0 saturated carbocycles. The van der Waals surface area contributed by atoms with E-state index in [1.807, 2.05) is 37.3 Å². The van der Waals surface area contributed by atoms with Crippen LogP contribution in [0.5, 0.6) is 0 Å². The minimum absolute atomic E-state index is 0.321. The third-order valence-corrected chi connectivity index (χ3v) is 4.77. The number of hydrogen-bond donors (Lipinski definition) is 1. The van der Waals surface area contributed by atoms with Crippen LogP contribution in [-0.2, 0) is 20.9 Å². The molecule has 1 N–H and O–H groups in total. The molecule has 3 rings (SSSR count). The first kappa shape index (κ1) is 19.0. The average molecular weight is 366 g/mol. The number of unbranched alkanes of at least 4 members (excludes halogenated alkanes) is 1. The van der Waals surface area contributed by atoms with Crippen LogP contribution < -0.4 is 5.32 Å². The number of fused-ring (bicyclic) bond motifs is 3. The van der Waals surface area contributed by atoms with Crippen molar-refractivity contribution in [2.45, 2.75) is 52.7 Å². The van der Waals surface area contributed by atoms with Gasteiger partial charge in [0.15, 0.2) is 6.10 Å². The molecule has 1 unspecified atom stereocenters. The molecule has 5 heteroatoms. The molecule has 27 heavy (non-hydrogen) atoms. The van der Waals surface area contributed by atoms with E-state index in [0.717, 1.165) is 35.7 Å². The Balaban J connectivity index is 1.80. The molecule has 0 aliphatic carbocycles. The van der Waals surface area contributed by atoms with Crippen molar-refractivity contribution >= 4 is 39.4 Å². The maximum Gasteiger partial charge on any atom is 0.306 e. The highest BCUT2D eigenvalue weighted by Crippen LogP contribution is 2.31. The highest BCUT2D eigenvalue weighted by Gasteiger charge is 2.18. The normalized spacial score (nSPS) is 12.3. The van der Waals surface area contributed by atoms with Crippen LogP contribution in [0.1, 0.15) is 40.0 Å². The lowest BCUT2D eigenvalue weighted by Crippen LogP contribution is -2.29. The number of anilines is 1. The molecule has 0 saturated heterocycles. The molecule has 0 aliphatic heterocycles. The van der Waals surface area contributed by atoms with Gasteiger partial charge in [-0.05, 0) is 44.5 Å². The molecule has 1 amide bonds. The Kier molecular flexibility index (Phi) is 5.79. The molecule has 0 fully saturated rings. The molecule has 0 radical (unpaired) electrons. The second-order valence-electron chi connectivity index (χ2n) is 6.72. The van der Waals surface area contributed by atoms with Gasteiger partial charge in [-0.2, -0.15) is 0 Å². The van der Waals surface area contributed by atoms with Gasteiger partial charge in [0.1, 0.15) is 0 Å². The third-order valence-electron chi connectivity index (χ3n) is 4.77. The first-order valence-corrected chi connectivity index (χ1v) is 9.56. The molecular formula is C22H26N2O3. The Labute approximate surface area is 159 Å². The number of aromatic nitrogens is 1. The van der Waals surface area contributed by atoms with E-state index >= 15 is 0 Å². The summed E-state index contributed by atoms with van der Waals surface area (Å²) in [5.74, 6) is -0.653.